The summed E-state index contributed by atoms with van der Waals surface area (Å²) in [5, 5.41) is 0. The lowest BCUT2D eigenvalue weighted by Crippen LogP contribution is -2.49. The molecule has 1 saturated heterocycles. The van der Waals surface area contributed by atoms with E-state index in [-0.39, 0.29) is 4.75 Å². The zero-order valence-electron chi connectivity index (χ0n) is 11.4. The van der Waals surface area contributed by atoms with Gasteiger partial charge in [0.25, 0.3) is 0 Å². The number of ether oxygens (including phenoxy) is 1. The molecule has 106 valence electrons. The molecule has 0 spiro atoms. The van der Waals surface area contributed by atoms with E-state index in [0.29, 0.717) is 13.2 Å². The molecule has 0 radical (unpaired) electrons. The lowest BCUT2D eigenvalue weighted by atomic mass is 9.95. The van der Waals surface area contributed by atoms with E-state index in [1.54, 1.807) is 0 Å². The Bertz CT molecular complexity index is 482. The Balaban J connectivity index is 2.31. The van der Waals surface area contributed by atoms with Gasteiger partial charge in [0.2, 0.25) is 0 Å². The van der Waals surface area contributed by atoms with Gasteiger partial charge in [-0.3, -0.25) is 0 Å². The van der Waals surface area contributed by atoms with Crippen molar-refractivity contribution >= 4 is 26.9 Å². The third kappa shape index (κ3) is 3.42. The molecule has 19 heavy (non-hydrogen) atoms. The molecule has 0 bridgehead atoms. The Morgan fingerprint density at radius 3 is 2.74 bits per heavy atom. The van der Waals surface area contributed by atoms with Gasteiger partial charge < -0.3 is 4.74 Å². The molecule has 1 aromatic heterocycles. The molecule has 0 amide bonds. The average Bonchev–Trinajstić information content (AvgIpc) is 2.77. The minimum atomic E-state index is -1.16. The van der Waals surface area contributed by atoms with Crippen molar-refractivity contribution in [3.05, 3.63) is 28.5 Å². The quantitative estimate of drug-likeness (QED) is 0.855. The highest BCUT2D eigenvalue weighted by Gasteiger charge is 2.41. The van der Waals surface area contributed by atoms with E-state index in [2.05, 4.69) is 25.6 Å². The van der Waals surface area contributed by atoms with Gasteiger partial charge in [0.15, 0.2) is 0 Å². The van der Waals surface area contributed by atoms with Crippen molar-refractivity contribution in [2.24, 2.45) is 0 Å². The molecule has 1 aliphatic rings. The summed E-state index contributed by atoms with van der Waals surface area (Å²) in [5.74, 6) is 0. The van der Waals surface area contributed by atoms with Gasteiger partial charge in [-0.1, -0.05) is 6.07 Å². The number of hydrogen-bond acceptors (Lipinski definition) is 3. The number of rotatable bonds is 3. The number of pyridine rings is 1. The summed E-state index contributed by atoms with van der Waals surface area (Å²) >= 11 is 3.38. The van der Waals surface area contributed by atoms with Crippen molar-refractivity contribution in [3.8, 4) is 0 Å². The maximum atomic E-state index is 12.4. The molecule has 2 unspecified atom stereocenters. The Morgan fingerprint density at radius 1 is 1.47 bits per heavy atom. The Hall–Kier alpha value is -0.300. The predicted molar refractivity (Wildman–Crippen MR) is 80.1 cm³/mol. The predicted octanol–water partition coefficient (Wildman–Crippen LogP) is 2.51. The molecule has 0 aromatic carbocycles. The number of aromatic nitrogens is 1. The third-order valence-corrected chi connectivity index (χ3v) is 5.20. The first-order valence-electron chi connectivity index (χ1n) is 6.24. The third-order valence-electron chi connectivity index (χ3n) is 3.07. The molecule has 4 nitrogen and oxygen atoms in total. The Morgan fingerprint density at radius 2 is 2.21 bits per heavy atom. The van der Waals surface area contributed by atoms with Crippen LogP contribution >= 0.6 is 15.9 Å². The minimum absolute atomic E-state index is 0.318. The van der Waals surface area contributed by atoms with Crippen molar-refractivity contribution in [1.29, 1.82) is 0 Å². The molecule has 1 fully saturated rings. The topological polar surface area (TPSA) is 51.2 Å². The van der Waals surface area contributed by atoms with Crippen LogP contribution in [0.25, 0.3) is 0 Å². The molecule has 1 aliphatic heterocycles. The van der Waals surface area contributed by atoms with Crippen LogP contribution in [0.5, 0.6) is 0 Å². The zero-order valence-corrected chi connectivity index (χ0v) is 13.8. The van der Waals surface area contributed by atoms with Crippen LogP contribution in [0.3, 0.4) is 0 Å². The lowest BCUT2D eigenvalue weighted by molar-refractivity contribution is 0.173. The van der Waals surface area contributed by atoms with Gasteiger partial charge >= 0.3 is 0 Å². The highest BCUT2D eigenvalue weighted by atomic mass is 79.9. The number of nitrogens with zero attached hydrogens (tertiary/aromatic N) is 1. The number of hydrogen-bond donors (Lipinski definition) is 1. The first-order chi connectivity index (χ1) is 8.83. The van der Waals surface area contributed by atoms with E-state index in [1.807, 2.05) is 39.0 Å². The van der Waals surface area contributed by atoms with Crippen LogP contribution in [0.4, 0.5) is 0 Å². The van der Waals surface area contributed by atoms with Gasteiger partial charge in [0.05, 0.1) is 33.6 Å². The maximum Gasteiger partial charge on any atom is 0.106 e. The van der Waals surface area contributed by atoms with Crippen LogP contribution < -0.4 is 4.72 Å². The second-order valence-electron chi connectivity index (χ2n) is 5.71. The van der Waals surface area contributed by atoms with Crippen LogP contribution in [0, 0.1) is 0 Å². The Labute approximate surface area is 125 Å². The van der Waals surface area contributed by atoms with Crippen LogP contribution in [-0.2, 0) is 21.3 Å². The summed E-state index contributed by atoms with van der Waals surface area (Å²) in [4.78, 5) is 4.50. The first-order valence-corrected chi connectivity index (χ1v) is 8.18. The Kier molecular flexibility index (Phi) is 4.45. The minimum Gasteiger partial charge on any atom is -0.379 e. The second kappa shape index (κ2) is 5.60. The summed E-state index contributed by atoms with van der Waals surface area (Å²) in [7, 11) is -1.16. The molecule has 2 rings (SSSR count). The first kappa shape index (κ1) is 15.1. The van der Waals surface area contributed by atoms with Crippen LogP contribution in [0.15, 0.2) is 22.8 Å². The highest BCUT2D eigenvalue weighted by molar-refractivity contribution is 9.10. The van der Waals surface area contributed by atoms with Gasteiger partial charge in [0.1, 0.15) is 4.60 Å². The summed E-state index contributed by atoms with van der Waals surface area (Å²) in [6, 6.07) is 5.77. The van der Waals surface area contributed by atoms with Crippen molar-refractivity contribution in [3.63, 3.8) is 0 Å². The molecule has 0 aliphatic carbocycles. The van der Waals surface area contributed by atoms with E-state index in [1.165, 1.54) is 0 Å². The summed E-state index contributed by atoms with van der Waals surface area (Å²) in [6.45, 7) is 7.01. The second-order valence-corrected chi connectivity index (χ2v) is 8.49. The van der Waals surface area contributed by atoms with E-state index in [0.717, 1.165) is 16.7 Å². The van der Waals surface area contributed by atoms with Gasteiger partial charge in [-0.25, -0.2) is 13.9 Å². The monoisotopic (exact) mass is 346 g/mol. The lowest BCUT2D eigenvalue weighted by Gasteiger charge is -2.31. The van der Waals surface area contributed by atoms with E-state index in [9.17, 15) is 4.21 Å². The largest absolute Gasteiger partial charge is 0.379 e. The van der Waals surface area contributed by atoms with Crippen molar-refractivity contribution < 1.29 is 8.95 Å². The van der Waals surface area contributed by atoms with E-state index in [4.69, 9.17) is 4.74 Å². The van der Waals surface area contributed by atoms with Crippen molar-refractivity contribution in [2.45, 2.75) is 37.5 Å². The number of nitrogens with one attached hydrogen (secondary N) is 1. The molecule has 2 heterocycles. The van der Waals surface area contributed by atoms with E-state index < -0.39 is 16.5 Å². The van der Waals surface area contributed by atoms with Crippen molar-refractivity contribution in [2.75, 3.05) is 13.2 Å². The van der Waals surface area contributed by atoms with Crippen LogP contribution in [0.1, 0.15) is 32.9 Å². The van der Waals surface area contributed by atoms with Gasteiger partial charge in [-0.15, -0.1) is 0 Å². The van der Waals surface area contributed by atoms with Gasteiger partial charge in [-0.2, -0.15) is 0 Å². The molecular formula is C13H19BrN2O2S. The average molecular weight is 347 g/mol. The zero-order chi connectivity index (χ0) is 14.1. The molecule has 1 N–H and O–H groups in total. The fraction of sp³-hybridized carbons (Fsp3) is 0.615. The highest BCUT2D eigenvalue weighted by Crippen LogP contribution is 2.31. The van der Waals surface area contributed by atoms with Crippen molar-refractivity contribution in [1.82, 2.24) is 9.71 Å². The molecule has 0 saturated carbocycles. The fourth-order valence-corrected chi connectivity index (χ4v) is 3.18. The van der Waals surface area contributed by atoms with E-state index >= 15 is 0 Å². The molecule has 6 heteroatoms. The maximum absolute atomic E-state index is 12.4. The SMILES string of the molecule is CC(C)(C)S(=O)NC1(c2cccc(Br)n2)CCOC1. The normalized spacial score (nSPS) is 25.5. The van der Waals surface area contributed by atoms with Crippen LogP contribution in [0.2, 0.25) is 0 Å². The molecular weight excluding hydrogens is 328 g/mol. The van der Waals surface area contributed by atoms with Gasteiger partial charge in [0, 0.05) is 6.61 Å². The smallest absolute Gasteiger partial charge is 0.106 e. The summed E-state index contributed by atoms with van der Waals surface area (Å²) in [6.07, 6.45) is 0.776. The fourth-order valence-electron chi connectivity index (χ4n) is 1.91. The standard InChI is InChI=1S/C13H19BrN2O2S/c1-12(2,3)19(17)16-13(7-8-18-9-13)10-5-4-6-11(14)15-10/h4-6,16H,7-9H2,1-3H3. The number of halogens is 1. The molecule has 2 atom stereocenters. The summed E-state index contributed by atoms with van der Waals surface area (Å²) in [5.41, 5.74) is 0.416. The van der Waals surface area contributed by atoms with Gasteiger partial charge in [-0.05, 0) is 55.3 Å². The summed E-state index contributed by atoms with van der Waals surface area (Å²) < 4.78 is 21.6. The molecule has 1 aromatic rings. The van der Waals surface area contributed by atoms with Crippen LogP contribution in [-0.4, -0.2) is 27.2 Å².